The fourth-order valence-electron chi connectivity index (χ4n) is 3.67. The first kappa shape index (κ1) is 22.0. The summed E-state index contributed by atoms with van der Waals surface area (Å²) in [5.74, 6) is 0.113. The molecule has 6 nitrogen and oxygen atoms in total. The lowest BCUT2D eigenvalue weighted by Gasteiger charge is -2.21. The predicted octanol–water partition coefficient (Wildman–Crippen LogP) is 4.64. The molecule has 0 aromatic heterocycles. The monoisotopic (exact) mass is 426 g/mol. The smallest absolute Gasteiger partial charge is 0.168 e. The quantitative estimate of drug-likeness (QED) is 0.423. The van der Waals surface area contributed by atoms with Crippen molar-refractivity contribution in [2.24, 2.45) is 0 Å². The Hall–Kier alpha value is -3.74. The molecule has 0 spiro atoms. The van der Waals surface area contributed by atoms with Crippen molar-refractivity contribution in [1.29, 1.82) is 0 Å². The Morgan fingerprint density at radius 3 is 1.97 bits per heavy atom. The van der Waals surface area contributed by atoms with E-state index in [4.69, 9.17) is 14.2 Å². The lowest BCUT2D eigenvalue weighted by molar-refractivity contribution is 0.111. The van der Waals surface area contributed by atoms with E-state index in [9.17, 15) is 19.4 Å². The molecule has 0 saturated heterocycles. The molecule has 0 fully saturated rings. The number of rotatable bonds is 7. The second-order valence-corrected chi connectivity index (χ2v) is 6.90. The van der Waals surface area contributed by atoms with E-state index in [1.807, 2.05) is 0 Å². The zero-order valence-electron chi connectivity index (χ0n) is 17.7. The normalized spacial score (nSPS) is 10.6. The van der Waals surface area contributed by atoms with Gasteiger partial charge >= 0.3 is 0 Å². The Kier molecular flexibility index (Phi) is 6.34. The van der Waals surface area contributed by atoms with E-state index in [-0.39, 0.29) is 12.0 Å². The molecule has 7 heteroatoms. The molecular weight excluding hydrogens is 403 g/mol. The van der Waals surface area contributed by atoms with Gasteiger partial charge in [-0.25, -0.2) is 4.39 Å². The minimum absolute atomic E-state index is 0.0673. The number of hydrogen-bond acceptors (Lipinski definition) is 6. The minimum Gasteiger partial charge on any atom is -0.504 e. The third kappa shape index (κ3) is 3.99. The fraction of sp³-hybridized carbons (Fsp3) is 0.208. The van der Waals surface area contributed by atoms with Crippen LogP contribution in [0.15, 0.2) is 36.4 Å². The first-order valence-corrected chi connectivity index (χ1v) is 9.43. The Morgan fingerprint density at radius 2 is 1.48 bits per heavy atom. The molecule has 31 heavy (non-hydrogen) atoms. The summed E-state index contributed by atoms with van der Waals surface area (Å²) < 4.78 is 29.8. The van der Waals surface area contributed by atoms with Gasteiger partial charge in [0, 0.05) is 29.7 Å². The average molecular weight is 426 g/mol. The Balaban J connectivity index is 2.33. The molecule has 0 bridgehead atoms. The molecule has 0 heterocycles. The summed E-state index contributed by atoms with van der Waals surface area (Å²) in [6, 6.07) is 9.05. The maximum Gasteiger partial charge on any atom is 0.168 e. The highest BCUT2D eigenvalue weighted by atomic mass is 19.1. The molecule has 3 aromatic carbocycles. The van der Waals surface area contributed by atoms with Crippen molar-refractivity contribution in [3.8, 4) is 39.9 Å². The van der Waals surface area contributed by atoms with Crippen LogP contribution in [0.3, 0.4) is 0 Å². The summed E-state index contributed by atoms with van der Waals surface area (Å²) in [7, 11) is 4.52. The van der Waals surface area contributed by atoms with Crippen molar-refractivity contribution in [3.05, 3.63) is 64.5 Å². The number of hydrogen-bond donors (Lipinski definition) is 2. The highest BCUT2D eigenvalue weighted by molar-refractivity contribution is 5.91. The van der Waals surface area contributed by atoms with Crippen LogP contribution < -0.4 is 14.2 Å². The number of phenols is 2. The van der Waals surface area contributed by atoms with Crippen LogP contribution in [0.25, 0.3) is 11.1 Å². The van der Waals surface area contributed by atoms with Crippen molar-refractivity contribution >= 4 is 6.29 Å². The average Bonchev–Trinajstić information content (AvgIpc) is 2.79. The van der Waals surface area contributed by atoms with Crippen molar-refractivity contribution in [3.63, 3.8) is 0 Å². The van der Waals surface area contributed by atoms with E-state index < -0.39 is 17.3 Å². The molecule has 2 N–H and O–H groups in total. The number of methoxy groups -OCH3 is 3. The van der Waals surface area contributed by atoms with Gasteiger partial charge in [-0.1, -0.05) is 12.1 Å². The van der Waals surface area contributed by atoms with Gasteiger partial charge in [-0.3, -0.25) is 4.79 Å². The summed E-state index contributed by atoms with van der Waals surface area (Å²) in [6.45, 7) is 1.62. The molecule has 0 aliphatic carbocycles. The number of carbonyl (C=O) groups is 1. The zero-order chi connectivity index (χ0) is 22.7. The van der Waals surface area contributed by atoms with E-state index in [2.05, 4.69) is 0 Å². The molecule has 162 valence electrons. The molecule has 0 saturated carbocycles. The molecule has 0 atom stereocenters. The number of phenolic OH excluding ortho intramolecular Hbond substituents is 2. The van der Waals surface area contributed by atoms with Crippen LogP contribution in [-0.4, -0.2) is 37.8 Å². The fourth-order valence-corrected chi connectivity index (χ4v) is 3.67. The number of carbonyl (C=O) groups excluding carboxylic acids is 1. The van der Waals surface area contributed by atoms with Crippen molar-refractivity contribution in [2.75, 3.05) is 21.3 Å². The van der Waals surface area contributed by atoms with Crippen molar-refractivity contribution in [1.82, 2.24) is 0 Å². The third-order valence-electron chi connectivity index (χ3n) is 5.26. The van der Waals surface area contributed by atoms with Gasteiger partial charge in [-0.15, -0.1) is 0 Å². The van der Waals surface area contributed by atoms with Gasteiger partial charge in [0.25, 0.3) is 0 Å². The van der Waals surface area contributed by atoms with Crippen LogP contribution in [0.2, 0.25) is 0 Å². The SMILES string of the molecule is COc1cc(OC)c(Cc2c(C=O)c(O)c(O)c(C)c2-c2ccc(F)cc2)c(OC)c1. The van der Waals surface area contributed by atoms with E-state index >= 15 is 0 Å². The van der Waals surface area contributed by atoms with Crippen molar-refractivity contribution in [2.45, 2.75) is 13.3 Å². The summed E-state index contributed by atoms with van der Waals surface area (Å²) >= 11 is 0. The Bertz CT molecular complexity index is 1100. The van der Waals surface area contributed by atoms with Crippen LogP contribution in [0.1, 0.15) is 27.0 Å². The maximum absolute atomic E-state index is 13.5. The molecule has 3 aromatic rings. The predicted molar refractivity (Wildman–Crippen MR) is 114 cm³/mol. The minimum atomic E-state index is -0.514. The van der Waals surface area contributed by atoms with E-state index in [0.717, 1.165) is 0 Å². The van der Waals surface area contributed by atoms with E-state index in [0.29, 0.717) is 51.4 Å². The molecule has 0 amide bonds. The zero-order valence-corrected chi connectivity index (χ0v) is 17.7. The van der Waals surface area contributed by atoms with E-state index in [1.54, 1.807) is 31.2 Å². The maximum atomic E-state index is 13.5. The highest BCUT2D eigenvalue weighted by Gasteiger charge is 2.25. The third-order valence-corrected chi connectivity index (χ3v) is 5.26. The lowest BCUT2D eigenvalue weighted by Crippen LogP contribution is -2.05. The van der Waals surface area contributed by atoms with Gasteiger partial charge in [0.15, 0.2) is 17.8 Å². The largest absolute Gasteiger partial charge is 0.504 e. The molecule has 0 radical (unpaired) electrons. The molecule has 0 unspecified atom stereocenters. The number of aromatic hydroxyl groups is 2. The lowest BCUT2D eigenvalue weighted by atomic mass is 9.86. The van der Waals surface area contributed by atoms with Gasteiger partial charge in [0.1, 0.15) is 23.1 Å². The first-order valence-electron chi connectivity index (χ1n) is 9.43. The Labute approximate surface area is 179 Å². The number of benzene rings is 3. The second-order valence-electron chi connectivity index (χ2n) is 6.90. The summed E-state index contributed by atoms with van der Waals surface area (Å²) in [5, 5.41) is 20.9. The summed E-state index contributed by atoms with van der Waals surface area (Å²) in [5.41, 5.74) is 2.44. The van der Waals surface area contributed by atoms with Crippen molar-refractivity contribution < 1.29 is 33.6 Å². The molecule has 0 aliphatic heterocycles. The first-order chi connectivity index (χ1) is 14.9. The van der Waals surface area contributed by atoms with Gasteiger partial charge in [-0.05, 0) is 35.7 Å². The topological polar surface area (TPSA) is 85.2 Å². The molecule has 0 aliphatic rings. The van der Waals surface area contributed by atoms with E-state index in [1.165, 1.54) is 33.5 Å². The van der Waals surface area contributed by atoms with Gasteiger partial charge < -0.3 is 24.4 Å². The van der Waals surface area contributed by atoms with Crippen LogP contribution in [0.5, 0.6) is 28.7 Å². The van der Waals surface area contributed by atoms with Crippen LogP contribution in [-0.2, 0) is 6.42 Å². The summed E-state index contributed by atoms with van der Waals surface area (Å²) in [4.78, 5) is 11.9. The Morgan fingerprint density at radius 1 is 0.903 bits per heavy atom. The summed E-state index contributed by atoms with van der Waals surface area (Å²) in [6.07, 6.45) is 0.616. The van der Waals surface area contributed by atoms with Crippen LogP contribution in [0, 0.1) is 12.7 Å². The van der Waals surface area contributed by atoms with Gasteiger partial charge in [-0.2, -0.15) is 0 Å². The molecular formula is C24H23FO6. The second kappa shape index (κ2) is 8.95. The standard InChI is InChI=1S/C24H23FO6/c1-13-22(14-5-7-15(25)8-6-14)17(19(12-26)24(28)23(13)27)11-18-20(30-3)9-16(29-2)10-21(18)31-4/h5-10,12,27-28H,11H2,1-4H3. The van der Waals surface area contributed by atoms with Crippen LogP contribution in [0.4, 0.5) is 4.39 Å². The number of aldehydes is 1. The molecule has 3 rings (SSSR count). The van der Waals surface area contributed by atoms with Crippen LogP contribution >= 0.6 is 0 Å². The number of halogens is 1. The number of ether oxygens (including phenoxy) is 3. The highest BCUT2D eigenvalue weighted by Crippen LogP contribution is 2.45. The van der Waals surface area contributed by atoms with Gasteiger partial charge in [0.2, 0.25) is 0 Å². The van der Waals surface area contributed by atoms with Gasteiger partial charge in [0.05, 0.1) is 26.9 Å².